The fraction of sp³-hybridized carbons (Fsp3) is 0.200. The summed E-state index contributed by atoms with van der Waals surface area (Å²) in [6.07, 6.45) is 0. The van der Waals surface area contributed by atoms with Gasteiger partial charge in [0.2, 0.25) is 0 Å². The number of carbonyl (C=O) groups is 2. The number of phenols is 1. The number of phenolic OH excluding ortho intramolecular Hbond substituents is 1. The van der Waals surface area contributed by atoms with Crippen molar-refractivity contribution in [2.45, 2.75) is 6.92 Å². The van der Waals surface area contributed by atoms with Crippen LogP contribution in [0.15, 0.2) is 24.3 Å². The van der Waals surface area contributed by atoms with Gasteiger partial charge in [0.05, 0.1) is 19.8 Å². The lowest BCUT2D eigenvalue weighted by atomic mass is 9.96. The highest BCUT2D eigenvalue weighted by Crippen LogP contribution is 2.34. The van der Waals surface area contributed by atoms with Crippen molar-refractivity contribution in [2.24, 2.45) is 0 Å². The van der Waals surface area contributed by atoms with Crippen LogP contribution in [-0.2, 0) is 9.47 Å². The summed E-state index contributed by atoms with van der Waals surface area (Å²) in [5.74, 6) is -1.76. The Bertz CT molecular complexity index is 703. The van der Waals surface area contributed by atoms with E-state index in [1.165, 1.54) is 20.3 Å². The number of benzene rings is 2. The van der Waals surface area contributed by atoms with E-state index in [0.29, 0.717) is 10.8 Å². The zero-order valence-electron chi connectivity index (χ0n) is 11.4. The van der Waals surface area contributed by atoms with Gasteiger partial charge in [-0.05, 0) is 23.9 Å². The molecular weight excluding hydrogens is 260 g/mol. The van der Waals surface area contributed by atoms with Crippen molar-refractivity contribution in [3.63, 3.8) is 0 Å². The Morgan fingerprint density at radius 3 is 2.35 bits per heavy atom. The average molecular weight is 274 g/mol. The Hall–Kier alpha value is -2.56. The van der Waals surface area contributed by atoms with Crippen molar-refractivity contribution in [1.82, 2.24) is 0 Å². The molecule has 0 saturated carbocycles. The van der Waals surface area contributed by atoms with Gasteiger partial charge < -0.3 is 14.6 Å². The minimum absolute atomic E-state index is 0.0186. The van der Waals surface area contributed by atoms with Gasteiger partial charge in [-0.2, -0.15) is 0 Å². The smallest absolute Gasteiger partial charge is 0.342 e. The number of ether oxygens (including phenoxy) is 2. The Balaban J connectivity index is 2.91. The molecule has 2 aromatic rings. The Kier molecular flexibility index (Phi) is 3.61. The first kappa shape index (κ1) is 13.9. The summed E-state index contributed by atoms with van der Waals surface area (Å²) in [5, 5.41) is 11.5. The molecular formula is C15H14O5. The van der Waals surface area contributed by atoms with Crippen molar-refractivity contribution in [3.05, 3.63) is 41.0 Å². The van der Waals surface area contributed by atoms with E-state index in [-0.39, 0.29) is 16.9 Å². The fourth-order valence-electron chi connectivity index (χ4n) is 2.19. The van der Waals surface area contributed by atoms with Crippen LogP contribution < -0.4 is 0 Å². The molecule has 20 heavy (non-hydrogen) atoms. The van der Waals surface area contributed by atoms with Crippen molar-refractivity contribution < 1.29 is 24.2 Å². The van der Waals surface area contributed by atoms with Gasteiger partial charge in [0.25, 0.3) is 0 Å². The van der Waals surface area contributed by atoms with Gasteiger partial charge >= 0.3 is 11.9 Å². The maximum atomic E-state index is 11.8. The third-order valence-electron chi connectivity index (χ3n) is 3.14. The molecule has 0 saturated heterocycles. The zero-order chi connectivity index (χ0) is 14.9. The normalized spacial score (nSPS) is 10.3. The summed E-state index contributed by atoms with van der Waals surface area (Å²) in [5.41, 5.74) is 0.595. The minimum atomic E-state index is -0.784. The van der Waals surface area contributed by atoms with Crippen LogP contribution in [0, 0.1) is 6.92 Å². The van der Waals surface area contributed by atoms with E-state index in [1.807, 2.05) is 0 Å². The highest BCUT2D eigenvalue weighted by atomic mass is 16.5. The molecule has 0 atom stereocenters. The average Bonchev–Trinajstić information content (AvgIpc) is 2.45. The monoisotopic (exact) mass is 274 g/mol. The van der Waals surface area contributed by atoms with Crippen LogP contribution in [-0.4, -0.2) is 31.3 Å². The SMILES string of the molecule is COC(=O)c1cc2cccc(C)c2c(O)c1C(=O)OC. The lowest BCUT2D eigenvalue weighted by Crippen LogP contribution is -2.12. The van der Waals surface area contributed by atoms with E-state index in [1.54, 1.807) is 25.1 Å². The quantitative estimate of drug-likeness (QED) is 0.851. The number of carbonyl (C=O) groups excluding carboxylic acids is 2. The number of aromatic hydroxyl groups is 1. The number of esters is 2. The van der Waals surface area contributed by atoms with E-state index in [0.717, 1.165) is 5.56 Å². The van der Waals surface area contributed by atoms with Crippen LogP contribution in [0.2, 0.25) is 0 Å². The van der Waals surface area contributed by atoms with Crippen molar-refractivity contribution >= 4 is 22.7 Å². The number of hydrogen-bond acceptors (Lipinski definition) is 5. The molecule has 0 unspecified atom stereocenters. The molecule has 0 amide bonds. The first-order valence-corrected chi connectivity index (χ1v) is 5.93. The van der Waals surface area contributed by atoms with Crippen LogP contribution >= 0.6 is 0 Å². The van der Waals surface area contributed by atoms with Gasteiger partial charge in [0.15, 0.2) is 0 Å². The molecule has 2 rings (SSSR count). The molecule has 0 radical (unpaired) electrons. The number of methoxy groups -OCH3 is 2. The van der Waals surface area contributed by atoms with Gasteiger partial charge in [-0.15, -0.1) is 0 Å². The first-order valence-electron chi connectivity index (χ1n) is 5.93. The highest BCUT2D eigenvalue weighted by Gasteiger charge is 2.25. The molecule has 0 bridgehead atoms. The lowest BCUT2D eigenvalue weighted by molar-refractivity contribution is 0.0552. The molecule has 0 aliphatic carbocycles. The van der Waals surface area contributed by atoms with Crippen molar-refractivity contribution in [2.75, 3.05) is 14.2 Å². The standard InChI is InChI=1S/C15H14O5/c1-8-5-4-6-9-7-10(14(17)19-2)12(15(18)20-3)13(16)11(8)9/h4-7,16H,1-3H3. The van der Waals surface area contributed by atoms with Crippen LogP contribution in [0.3, 0.4) is 0 Å². The maximum Gasteiger partial charge on any atom is 0.342 e. The Morgan fingerprint density at radius 1 is 1.10 bits per heavy atom. The van der Waals surface area contributed by atoms with E-state index in [2.05, 4.69) is 9.47 Å². The molecule has 0 fully saturated rings. The number of hydrogen-bond donors (Lipinski definition) is 1. The molecule has 5 heteroatoms. The maximum absolute atomic E-state index is 11.8. The molecule has 1 N–H and O–H groups in total. The molecule has 0 aliphatic heterocycles. The van der Waals surface area contributed by atoms with Gasteiger partial charge in [0.1, 0.15) is 11.3 Å². The Labute approximate surface area is 115 Å². The fourth-order valence-corrected chi connectivity index (χ4v) is 2.19. The second kappa shape index (κ2) is 5.21. The second-order valence-corrected chi connectivity index (χ2v) is 4.30. The van der Waals surface area contributed by atoms with Gasteiger partial charge in [-0.3, -0.25) is 0 Å². The summed E-state index contributed by atoms with van der Waals surface area (Å²) in [6, 6.07) is 6.87. The molecule has 0 spiro atoms. The first-order chi connectivity index (χ1) is 9.51. The third-order valence-corrected chi connectivity index (χ3v) is 3.14. The lowest BCUT2D eigenvalue weighted by Gasteiger charge is -2.12. The number of fused-ring (bicyclic) bond motifs is 1. The highest BCUT2D eigenvalue weighted by molar-refractivity contribution is 6.11. The van der Waals surface area contributed by atoms with Crippen molar-refractivity contribution in [1.29, 1.82) is 0 Å². The van der Waals surface area contributed by atoms with E-state index < -0.39 is 11.9 Å². The Morgan fingerprint density at radius 2 is 1.75 bits per heavy atom. The predicted octanol–water partition coefficient (Wildman–Crippen LogP) is 2.43. The van der Waals surface area contributed by atoms with E-state index in [4.69, 9.17) is 0 Å². The van der Waals surface area contributed by atoms with Gasteiger partial charge in [-0.1, -0.05) is 18.2 Å². The van der Waals surface area contributed by atoms with Crippen LogP contribution in [0.5, 0.6) is 5.75 Å². The molecule has 0 heterocycles. The summed E-state index contributed by atoms with van der Waals surface area (Å²) in [6.45, 7) is 1.81. The predicted molar refractivity (Wildman–Crippen MR) is 73.0 cm³/mol. The summed E-state index contributed by atoms with van der Waals surface area (Å²) >= 11 is 0. The molecule has 0 aliphatic rings. The number of rotatable bonds is 2. The van der Waals surface area contributed by atoms with Crippen LogP contribution in [0.1, 0.15) is 26.3 Å². The van der Waals surface area contributed by atoms with E-state index >= 15 is 0 Å². The largest absolute Gasteiger partial charge is 0.506 e. The summed E-state index contributed by atoms with van der Waals surface area (Å²) in [7, 11) is 2.39. The van der Waals surface area contributed by atoms with Crippen LogP contribution in [0.4, 0.5) is 0 Å². The van der Waals surface area contributed by atoms with Gasteiger partial charge in [-0.25, -0.2) is 9.59 Å². The molecule has 0 aromatic heterocycles. The van der Waals surface area contributed by atoms with Gasteiger partial charge in [0, 0.05) is 5.39 Å². The molecule has 5 nitrogen and oxygen atoms in total. The van der Waals surface area contributed by atoms with Crippen LogP contribution in [0.25, 0.3) is 10.8 Å². The molecule has 2 aromatic carbocycles. The summed E-state index contributed by atoms with van der Waals surface area (Å²) < 4.78 is 9.28. The van der Waals surface area contributed by atoms with Crippen molar-refractivity contribution in [3.8, 4) is 5.75 Å². The van der Waals surface area contributed by atoms with E-state index in [9.17, 15) is 14.7 Å². The second-order valence-electron chi connectivity index (χ2n) is 4.30. The number of aryl methyl sites for hydroxylation is 1. The zero-order valence-corrected chi connectivity index (χ0v) is 11.4. The minimum Gasteiger partial charge on any atom is -0.506 e. The third kappa shape index (κ3) is 2.07. The topological polar surface area (TPSA) is 72.8 Å². The molecule has 104 valence electrons. The summed E-state index contributed by atoms with van der Waals surface area (Å²) in [4.78, 5) is 23.6.